The van der Waals surface area contributed by atoms with Crippen molar-refractivity contribution in [2.24, 2.45) is 0 Å². The summed E-state index contributed by atoms with van der Waals surface area (Å²) in [5.41, 5.74) is 0.864. The van der Waals surface area contributed by atoms with Gasteiger partial charge in [-0.1, -0.05) is 30.8 Å². The highest BCUT2D eigenvalue weighted by molar-refractivity contribution is 8.30. The summed E-state index contributed by atoms with van der Waals surface area (Å²) in [5, 5.41) is 9.03. The van der Waals surface area contributed by atoms with Crippen molar-refractivity contribution in [3.8, 4) is 6.07 Å². The van der Waals surface area contributed by atoms with E-state index in [-0.39, 0.29) is 28.9 Å². The summed E-state index contributed by atoms with van der Waals surface area (Å²) < 4.78 is 5.89. The van der Waals surface area contributed by atoms with E-state index >= 15 is 0 Å². The van der Waals surface area contributed by atoms with Crippen LogP contribution in [-0.4, -0.2) is 44.1 Å². The number of fused-ring (bicyclic) bond motifs is 1. The molecule has 0 aliphatic carbocycles. The standard InChI is InChI=1S/C19H22N2O3S3/c1-3-24-19(25)27-16(26-4-2)12-13(8-7-11-20)21-17(22)14-9-5-6-10-15(14)18(21)23/h5-6,9-10,13,16H,3-4,7-8,12H2,1-2H3. The van der Waals surface area contributed by atoms with Crippen LogP contribution >= 0.6 is 35.7 Å². The molecule has 2 rings (SSSR count). The zero-order valence-corrected chi connectivity index (χ0v) is 17.8. The van der Waals surface area contributed by atoms with Crippen LogP contribution in [0.3, 0.4) is 0 Å². The number of nitrogens with zero attached hydrogens (tertiary/aromatic N) is 2. The highest BCUT2D eigenvalue weighted by atomic mass is 32.2. The fraction of sp³-hybridized carbons (Fsp3) is 0.474. The third-order valence-corrected chi connectivity index (χ3v) is 6.85. The van der Waals surface area contributed by atoms with Gasteiger partial charge in [0.2, 0.25) is 4.38 Å². The Morgan fingerprint density at radius 2 is 1.89 bits per heavy atom. The smallest absolute Gasteiger partial charge is 0.261 e. The average Bonchev–Trinajstić information content (AvgIpc) is 2.90. The zero-order valence-electron chi connectivity index (χ0n) is 15.3. The molecule has 0 aromatic heterocycles. The first-order valence-electron chi connectivity index (χ1n) is 8.82. The molecule has 1 heterocycles. The van der Waals surface area contributed by atoms with Crippen LogP contribution < -0.4 is 0 Å². The summed E-state index contributed by atoms with van der Waals surface area (Å²) in [6.07, 6.45) is 1.29. The topological polar surface area (TPSA) is 70.4 Å². The SMILES string of the molecule is CCOC(=S)SC(CC(CCC#N)N1C(=O)c2ccccc2C1=O)SCC. The number of carbonyl (C=O) groups is 2. The Balaban J connectivity index is 2.21. The molecule has 0 bridgehead atoms. The minimum atomic E-state index is -0.349. The second kappa shape index (κ2) is 10.7. The molecule has 27 heavy (non-hydrogen) atoms. The second-order valence-electron chi connectivity index (χ2n) is 5.80. The fourth-order valence-electron chi connectivity index (χ4n) is 2.94. The highest BCUT2D eigenvalue weighted by Crippen LogP contribution is 2.34. The van der Waals surface area contributed by atoms with E-state index < -0.39 is 0 Å². The maximum absolute atomic E-state index is 12.8. The Bertz CT molecular complexity index is 713. The summed E-state index contributed by atoms with van der Waals surface area (Å²) in [4.78, 5) is 27.0. The predicted molar refractivity (Wildman–Crippen MR) is 114 cm³/mol. The van der Waals surface area contributed by atoms with Gasteiger partial charge < -0.3 is 4.74 Å². The van der Waals surface area contributed by atoms with Crippen molar-refractivity contribution < 1.29 is 14.3 Å². The molecule has 8 heteroatoms. The molecule has 1 aliphatic rings. The van der Waals surface area contributed by atoms with Crippen LogP contribution in [0.25, 0.3) is 0 Å². The monoisotopic (exact) mass is 422 g/mol. The van der Waals surface area contributed by atoms with Gasteiger partial charge in [0, 0.05) is 12.5 Å². The molecule has 0 radical (unpaired) electrons. The lowest BCUT2D eigenvalue weighted by Crippen LogP contribution is -2.41. The number of benzene rings is 1. The van der Waals surface area contributed by atoms with E-state index in [0.717, 1.165) is 5.75 Å². The molecule has 2 unspecified atom stereocenters. The van der Waals surface area contributed by atoms with E-state index in [1.807, 2.05) is 13.8 Å². The third-order valence-electron chi connectivity index (χ3n) is 4.09. The molecular formula is C19H22N2O3S3. The van der Waals surface area contributed by atoms with Gasteiger partial charge in [-0.2, -0.15) is 5.26 Å². The minimum Gasteiger partial charge on any atom is -0.479 e. The molecule has 1 aliphatic heterocycles. The average molecular weight is 423 g/mol. The van der Waals surface area contributed by atoms with Gasteiger partial charge in [0.05, 0.1) is 28.4 Å². The van der Waals surface area contributed by atoms with Crippen molar-refractivity contribution >= 4 is 51.9 Å². The normalized spacial score (nSPS) is 15.2. The third kappa shape index (κ3) is 5.47. The number of thiocarbonyl (C=S) groups is 1. The number of hydrogen-bond donors (Lipinski definition) is 0. The number of ether oxygens (including phenoxy) is 1. The second-order valence-corrected chi connectivity index (χ2v) is 9.38. The van der Waals surface area contributed by atoms with Crippen molar-refractivity contribution in [1.29, 1.82) is 5.26 Å². The molecule has 0 spiro atoms. The van der Waals surface area contributed by atoms with Crippen LogP contribution in [0.5, 0.6) is 0 Å². The first kappa shape index (κ1) is 21.7. The van der Waals surface area contributed by atoms with Gasteiger partial charge in [0.25, 0.3) is 11.8 Å². The molecular weight excluding hydrogens is 400 g/mol. The molecule has 2 atom stereocenters. The van der Waals surface area contributed by atoms with Gasteiger partial charge in [0.15, 0.2) is 0 Å². The van der Waals surface area contributed by atoms with Gasteiger partial charge in [-0.05, 0) is 49.9 Å². The quantitative estimate of drug-likeness (QED) is 0.330. The van der Waals surface area contributed by atoms with Crippen molar-refractivity contribution in [3.63, 3.8) is 0 Å². The number of imide groups is 1. The highest BCUT2D eigenvalue weighted by Gasteiger charge is 2.40. The maximum Gasteiger partial charge on any atom is 0.261 e. The van der Waals surface area contributed by atoms with Gasteiger partial charge in [0.1, 0.15) is 0 Å². The molecule has 1 aromatic rings. The van der Waals surface area contributed by atoms with Crippen LogP contribution in [0.4, 0.5) is 0 Å². The summed E-state index contributed by atoms with van der Waals surface area (Å²) >= 11 is 8.39. The van der Waals surface area contributed by atoms with E-state index in [1.165, 1.54) is 16.7 Å². The van der Waals surface area contributed by atoms with E-state index in [4.69, 9.17) is 22.2 Å². The summed E-state index contributed by atoms with van der Waals surface area (Å²) in [7, 11) is 0. The fourth-order valence-corrected chi connectivity index (χ4v) is 5.98. The molecule has 1 aromatic carbocycles. The van der Waals surface area contributed by atoms with Gasteiger partial charge in [-0.3, -0.25) is 14.5 Å². The van der Waals surface area contributed by atoms with Crippen LogP contribution in [0.1, 0.15) is 53.8 Å². The van der Waals surface area contributed by atoms with E-state index in [0.29, 0.717) is 35.0 Å². The van der Waals surface area contributed by atoms with Gasteiger partial charge in [-0.15, -0.1) is 11.8 Å². The minimum absolute atomic E-state index is 0.0436. The lowest BCUT2D eigenvalue weighted by Gasteiger charge is -2.29. The van der Waals surface area contributed by atoms with Crippen molar-refractivity contribution in [2.45, 2.75) is 43.7 Å². The van der Waals surface area contributed by atoms with Gasteiger partial charge in [-0.25, -0.2) is 0 Å². The van der Waals surface area contributed by atoms with E-state index in [9.17, 15) is 9.59 Å². The van der Waals surface area contributed by atoms with Crippen LogP contribution in [0, 0.1) is 11.3 Å². The Kier molecular flexibility index (Phi) is 8.61. The molecule has 0 saturated heterocycles. The number of hydrogen-bond acceptors (Lipinski definition) is 7. The Hall–Kier alpha value is -1.56. The number of thioether (sulfide) groups is 2. The molecule has 0 N–H and O–H groups in total. The van der Waals surface area contributed by atoms with Crippen LogP contribution in [-0.2, 0) is 4.74 Å². The van der Waals surface area contributed by atoms with Crippen molar-refractivity contribution in [1.82, 2.24) is 4.90 Å². The molecule has 2 amide bonds. The Labute approximate surface area is 173 Å². The number of rotatable bonds is 9. The zero-order chi connectivity index (χ0) is 19.8. The van der Waals surface area contributed by atoms with Gasteiger partial charge >= 0.3 is 0 Å². The van der Waals surface area contributed by atoms with Crippen molar-refractivity contribution in [2.75, 3.05) is 12.4 Å². The molecule has 0 saturated carbocycles. The summed E-state index contributed by atoms with van der Waals surface area (Å²) in [6, 6.07) is 8.63. The molecule has 144 valence electrons. The summed E-state index contributed by atoms with van der Waals surface area (Å²) in [6.45, 7) is 4.43. The van der Waals surface area contributed by atoms with E-state index in [1.54, 1.807) is 36.0 Å². The number of amides is 2. The lowest BCUT2D eigenvalue weighted by molar-refractivity contribution is 0.0572. The number of nitriles is 1. The largest absolute Gasteiger partial charge is 0.479 e. The first-order chi connectivity index (χ1) is 13.0. The number of carbonyl (C=O) groups excluding carboxylic acids is 2. The Morgan fingerprint density at radius 3 is 2.41 bits per heavy atom. The maximum atomic E-state index is 12.8. The Morgan fingerprint density at radius 1 is 1.26 bits per heavy atom. The lowest BCUT2D eigenvalue weighted by atomic mass is 10.1. The summed E-state index contributed by atoms with van der Waals surface area (Å²) in [5.74, 6) is 0.312. The van der Waals surface area contributed by atoms with Crippen LogP contribution in [0.15, 0.2) is 24.3 Å². The van der Waals surface area contributed by atoms with E-state index in [2.05, 4.69) is 6.07 Å². The first-order valence-corrected chi connectivity index (χ1v) is 11.2. The van der Waals surface area contributed by atoms with Crippen molar-refractivity contribution in [3.05, 3.63) is 35.4 Å². The molecule has 0 fully saturated rings. The predicted octanol–water partition coefficient (Wildman–Crippen LogP) is 4.48. The molecule has 5 nitrogen and oxygen atoms in total. The van der Waals surface area contributed by atoms with Crippen LogP contribution in [0.2, 0.25) is 0 Å².